The van der Waals surface area contributed by atoms with Crippen LogP contribution in [0.5, 0.6) is 0 Å². The van der Waals surface area contributed by atoms with Crippen LogP contribution in [0.4, 0.5) is 0 Å². The Hall–Kier alpha value is -1.48. The fourth-order valence-corrected chi connectivity index (χ4v) is 2.06. The maximum absolute atomic E-state index is 4.53. The molecule has 3 heteroatoms. The van der Waals surface area contributed by atoms with Crippen LogP contribution in [0.3, 0.4) is 0 Å². The molecule has 2 aromatic heterocycles. The van der Waals surface area contributed by atoms with Gasteiger partial charge in [-0.05, 0) is 44.4 Å². The Morgan fingerprint density at radius 3 is 2.44 bits per heavy atom. The second-order valence-electron chi connectivity index (χ2n) is 3.71. The van der Waals surface area contributed by atoms with E-state index in [2.05, 4.69) is 27.5 Å². The summed E-state index contributed by atoms with van der Waals surface area (Å²) in [5.74, 6) is 0. The lowest BCUT2D eigenvalue weighted by atomic mass is 10.2. The van der Waals surface area contributed by atoms with Gasteiger partial charge < -0.3 is 0 Å². The molecule has 0 atom stereocenters. The highest BCUT2D eigenvalue weighted by Crippen LogP contribution is 2.14. The van der Waals surface area contributed by atoms with Crippen LogP contribution in [0.25, 0.3) is 12.2 Å². The standard InChI is InChI=1S/C13H14N2S/c1-9-10(2)15-13(11(3)14-9)7-6-12-5-4-8-16-12/h4-8H,1-3H3/b7-6+. The first-order chi connectivity index (χ1) is 7.66. The van der Waals surface area contributed by atoms with Crippen molar-refractivity contribution in [2.24, 2.45) is 0 Å². The summed E-state index contributed by atoms with van der Waals surface area (Å²) >= 11 is 1.72. The lowest BCUT2D eigenvalue weighted by Gasteiger charge is -2.03. The minimum atomic E-state index is 0.955. The van der Waals surface area contributed by atoms with Gasteiger partial charge in [0.15, 0.2) is 0 Å². The first kappa shape index (κ1) is 11.0. The number of nitrogens with zero attached hydrogens (tertiary/aromatic N) is 2. The van der Waals surface area contributed by atoms with Gasteiger partial charge in [0.2, 0.25) is 0 Å². The topological polar surface area (TPSA) is 25.8 Å². The summed E-state index contributed by atoms with van der Waals surface area (Å²) in [6.45, 7) is 5.97. The Kier molecular flexibility index (Phi) is 3.15. The van der Waals surface area contributed by atoms with Crippen molar-refractivity contribution in [1.29, 1.82) is 0 Å². The number of hydrogen-bond donors (Lipinski definition) is 0. The third kappa shape index (κ3) is 2.36. The van der Waals surface area contributed by atoms with Crippen molar-refractivity contribution >= 4 is 23.5 Å². The molecule has 0 aliphatic carbocycles. The van der Waals surface area contributed by atoms with Crippen LogP contribution in [0.2, 0.25) is 0 Å². The number of aromatic nitrogens is 2. The molecule has 82 valence electrons. The van der Waals surface area contributed by atoms with E-state index in [1.54, 1.807) is 11.3 Å². The molecule has 0 aliphatic heterocycles. The van der Waals surface area contributed by atoms with Crippen molar-refractivity contribution in [2.75, 3.05) is 0 Å². The molecule has 0 aliphatic rings. The summed E-state index contributed by atoms with van der Waals surface area (Å²) in [7, 11) is 0. The van der Waals surface area contributed by atoms with E-state index in [4.69, 9.17) is 0 Å². The van der Waals surface area contributed by atoms with Gasteiger partial charge in [0.1, 0.15) is 0 Å². The van der Waals surface area contributed by atoms with Gasteiger partial charge in [0.25, 0.3) is 0 Å². The maximum atomic E-state index is 4.53. The summed E-state index contributed by atoms with van der Waals surface area (Å²) in [6, 6.07) is 4.13. The Balaban J connectivity index is 2.31. The molecule has 0 unspecified atom stereocenters. The number of thiophene rings is 1. The normalized spacial score (nSPS) is 11.2. The smallest absolute Gasteiger partial charge is 0.0846 e. The predicted octanol–water partition coefficient (Wildman–Crippen LogP) is 3.63. The lowest BCUT2D eigenvalue weighted by Crippen LogP contribution is -1.98. The van der Waals surface area contributed by atoms with E-state index in [-0.39, 0.29) is 0 Å². The SMILES string of the molecule is Cc1nc(C)c(/C=C/c2cccs2)nc1C. The van der Waals surface area contributed by atoms with Crippen molar-refractivity contribution in [3.05, 3.63) is 45.2 Å². The monoisotopic (exact) mass is 230 g/mol. The van der Waals surface area contributed by atoms with E-state index in [0.717, 1.165) is 22.8 Å². The van der Waals surface area contributed by atoms with Crippen LogP contribution >= 0.6 is 11.3 Å². The zero-order valence-electron chi connectivity index (χ0n) is 9.69. The molecule has 16 heavy (non-hydrogen) atoms. The fourth-order valence-electron chi connectivity index (χ4n) is 1.44. The van der Waals surface area contributed by atoms with Gasteiger partial charge in [0, 0.05) is 4.88 Å². The molecular formula is C13H14N2S. The second kappa shape index (κ2) is 4.58. The zero-order valence-corrected chi connectivity index (χ0v) is 10.5. The molecule has 2 aromatic rings. The van der Waals surface area contributed by atoms with E-state index in [1.807, 2.05) is 32.9 Å². The van der Waals surface area contributed by atoms with Crippen molar-refractivity contribution in [1.82, 2.24) is 9.97 Å². The number of hydrogen-bond acceptors (Lipinski definition) is 3. The van der Waals surface area contributed by atoms with Gasteiger partial charge >= 0.3 is 0 Å². The Morgan fingerprint density at radius 1 is 1.00 bits per heavy atom. The molecule has 2 rings (SSSR count). The average molecular weight is 230 g/mol. The number of aryl methyl sites for hydroxylation is 3. The van der Waals surface area contributed by atoms with E-state index < -0.39 is 0 Å². The first-order valence-electron chi connectivity index (χ1n) is 5.20. The van der Waals surface area contributed by atoms with Crippen LogP contribution < -0.4 is 0 Å². The molecule has 0 spiro atoms. The molecule has 0 bridgehead atoms. The summed E-state index contributed by atoms with van der Waals surface area (Å²) in [5, 5.41) is 2.07. The summed E-state index contributed by atoms with van der Waals surface area (Å²) in [4.78, 5) is 10.2. The van der Waals surface area contributed by atoms with Gasteiger partial charge in [-0.15, -0.1) is 11.3 Å². The third-order valence-electron chi connectivity index (χ3n) is 2.47. The number of rotatable bonds is 2. The highest BCUT2D eigenvalue weighted by Gasteiger charge is 2.01. The largest absolute Gasteiger partial charge is 0.254 e. The quantitative estimate of drug-likeness (QED) is 0.787. The fraction of sp³-hybridized carbons (Fsp3) is 0.231. The highest BCUT2D eigenvalue weighted by atomic mass is 32.1. The summed E-state index contributed by atoms with van der Waals surface area (Å²) in [5.41, 5.74) is 3.94. The predicted molar refractivity (Wildman–Crippen MR) is 69.5 cm³/mol. The third-order valence-corrected chi connectivity index (χ3v) is 3.30. The van der Waals surface area contributed by atoms with E-state index >= 15 is 0 Å². The summed E-state index contributed by atoms with van der Waals surface area (Å²) in [6.07, 6.45) is 4.11. The van der Waals surface area contributed by atoms with Crippen molar-refractivity contribution in [3.63, 3.8) is 0 Å². The lowest BCUT2D eigenvalue weighted by molar-refractivity contribution is 0.991. The van der Waals surface area contributed by atoms with Gasteiger partial charge in [-0.2, -0.15) is 0 Å². The van der Waals surface area contributed by atoms with Gasteiger partial charge in [-0.25, -0.2) is 4.98 Å². The highest BCUT2D eigenvalue weighted by molar-refractivity contribution is 7.10. The first-order valence-corrected chi connectivity index (χ1v) is 6.08. The van der Waals surface area contributed by atoms with Crippen LogP contribution in [0, 0.1) is 20.8 Å². The average Bonchev–Trinajstić information content (AvgIpc) is 2.74. The molecule has 2 heterocycles. The molecule has 0 N–H and O–H groups in total. The van der Waals surface area contributed by atoms with E-state index in [9.17, 15) is 0 Å². The van der Waals surface area contributed by atoms with Crippen LogP contribution in [0.1, 0.15) is 27.7 Å². The zero-order chi connectivity index (χ0) is 11.5. The van der Waals surface area contributed by atoms with E-state index in [1.165, 1.54) is 4.88 Å². The molecule has 0 radical (unpaired) electrons. The second-order valence-corrected chi connectivity index (χ2v) is 4.69. The van der Waals surface area contributed by atoms with Gasteiger partial charge in [-0.1, -0.05) is 6.07 Å². The minimum absolute atomic E-state index is 0.955. The molecule has 0 saturated carbocycles. The van der Waals surface area contributed by atoms with Crippen LogP contribution in [0.15, 0.2) is 17.5 Å². The van der Waals surface area contributed by atoms with Gasteiger partial charge in [0.05, 0.1) is 22.8 Å². The van der Waals surface area contributed by atoms with Crippen molar-refractivity contribution in [2.45, 2.75) is 20.8 Å². The Labute approximate surface area is 99.7 Å². The van der Waals surface area contributed by atoms with Crippen molar-refractivity contribution in [3.8, 4) is 0 Å². The molecule has 2 nitrogen and oxygen atoms in total. The van der Waals surface area contributed by atoms with E-state index in [0.29, 0.717) is 0 Å². The maximum Gasteiger partial charge on any atom is 0.0846 e. The van der Waals surface area contributed by atoms with Crippen LogP contribution in [-0.2, 0) is 0 Å². The van der Waals surface area contributed by atoms with Gasteiger partial charge in [-0.3, -0.25) is 4.98 Å². The Bertz CT molecular complexity index is 513. The summed E-state index contributed by atoms with van der Waals surface area (Å²) < 4.78 is 0. The molecular weight excluding hydrogens is 216 g/mol. The Morgan fingerprint density at radius 2 is 1.75 bits per heavy atom. The van der Waals surface area contributed by atoms with Crippen LogP contribution in [-0.4, -0.2) is 9.97 Å². The molecule has 0 saturated heterocycles. The molecule has 0 fully saturated rings. The van der Waals surface area contributed by atoms with Crippen molar-refractivity contribution < 1.29 is 0 Å². The molecule has 0 amide bonds. The molecule has 0 aromatic carbocycles. The minimum Gasteiger partial charge on any atom is -0.254 e.